The van der Waals surface area contributed by atoms with Crippen LogP contribution in [-0.4, -0.2) is 33.4 Å². The molecule has 1 aromatic rings. The molecule has 1 heterocycles. The van der Waals surface area contributed by atoms with Gasteiger partial charge < -0.3 is 14.4 Å². The third-order valence-corrected chi connectivity index (χ3v) is 9.04. The molecule has 1 atom stereocenters. The van der Waals surface area contributed by atoms with E-state index in [9.17, 15) is 4.79 Å². The van der Waals surface area contributed by atoms with Crippen LogP contribution in [0, 0.1) is 0 Å². The number of rotatable bonds is 6. The summed E-state index contributed by atoms with van der Waals surface area (Å²) in [6, 6.07) is 7.75. The van der Waals surface area contributed by atoms with E-state index in [2.05, 4.69) is 10.5 Å². The lowest BCUT2D eigenvalue weighted by atomic mass is 10.2. The lowest BCUT2D eigenvalue weighted by Gasteiger charge is -2.37. The zero-order valence-electron chi connectivity index (χ0n) is 15.0. The number of hydrogen-bond acceptors (Lipinski definition) is 8. The SMILES string of the molecule is CSC(C)=NOC(=O)NCSN(C(C)C)P1(=S)OCc2ccccc2O1. The molecule has 0 fully saturated rings. The van der Waals surface area contributed by atoms with Gasteiger partial charge in [-0.1, -0.05) is 23.4 Å². The van der Waals surface area contributed by atoms with E-state index in [4.69, 9.17) is 25.7 Å². The summed E-state index contributed by atoms with van der Waals surface area (Å²) < 4.78 is 13.8. The van der Waals surface area contributed by atoms with Crippen molar-refractivity contribution in [3.63, 3.8) is 0 Å². The molecule has 11 heteroatoms. The highest BCUT2D eigenvalue weighted by Gasteiger charge is 2.36. The first-order valence-electron chi connectivity index (χ1n) is 7.84. The van der Waals surface area contributed by atoms with E-state index >= 15 is 0 Å². The average molecular weight is 436 g/mol. The van der Waals surface area contributed by atoms with Gasteiger partial charge >= 0.3 is 12.7 Å². The van der Waals surface area contributed by atoms with E-state index in [1.165, 1.54) is 23.7 Å². The molecule has 26 heavy (non-hydrogen) atoms. The van der Waals surface area contributed by atoms with Crippen molar-refractivity contribution in [2.75, 3.05) is 12.1 Å². The highest BCUT2D eigenvalue weighted by atomic mass is 32.5. The van der Waals surface area contributed by atoms with E-state index in [-0.39, 0.29) is 11.9 Å². The van der Waals surface area contributed by atoms with Crippen molar-refractivity contribution in [1.82, 2.24) is 9.39 Å². The van der Waals surface area contributed by atoms with Gasteiger partial charge in [0.15, 0.2) is 0 Å². The quantitative estimate of drug-likeness (QED) is 0.133. The summed E-state index contributed by atoms with van der Waals surface area (Å²) in [6.07, 6.45) is 1.23. The summed E-state index contributed by atoms with van der Waals surface area (Å²) in [5.74, 6) is 1.01. The zero-order valence-corrected chi connectivity index (χ0v) is 18.3. The fourth-order valence-electron chi connectivity index (χ4n) is 1.95. The number of nitrogens with one attached hydrogen (secondary N) is 1. The van der Waals surface area contributed by atoms with Crippen LogP contribution >= 0.6 is 30.4 Å². The maximum absolute atomic E-state index is 11.7. The van der Waals surface area contributed by atoms with Crippen molar-refractivity contribution >= 4 is 53.3 Å². The third kappa shape index (κ3) is 5.87. The number of carbonyl (C=O) groups is 1. The Balaban J connectivity index is 1.95. The minimum Gasteiger partial charge on any atom is -0.432 e. The Hall–Kier alpha value is -0.770. The number of amides is 1. The highest BCUT2D eigenvalue weighted by Crippen LogP contribution is 2.60. The van der Waals surface area contributed by atoms with Crippen LogP contribution in [-0.2, 0) is 27.8 Å². The lowest BCUT2D eigenvalue weighted by molar-refractivity contribution is 0.153. The van der Waals surface area contributed by atoms with Crippen LogP contribution in [0.4, 0.5) is 4.79 Å². The predicted octanol–water partition coefficient (Wildman–Crippen LogP) is 4.56. The van der Waals surface area contributed by atoms with Crippen LogP contribution in [0.25, 0.3) is 0 Å². The van der Waals surface area contributed by atoms with Gasteiger partial charge in [0.05, 0.1) is 12.5 Å². The molecule has 1 aliphatic rings. The van der Waals surface area contributed by atoms with Crippen LogP contribution in [0.3, 0.4) is 0 Å². The number of hydrogen-bond donors (Lipinski definition) is 1. The molecule has 0 bridgehead atoms. The number of carbonyl (C=O) groups excluding carboxylic acids is 1. The third-order valence-electron chi connectivity index (χ3n) is 3.22. The number of oxime groups is 1. The Morgan fingerprint density at radius 3 is 2.92 bits per heavy atom. The molecule has 144 valence electrons. The smallest absolute Gasteiger partial charge is 0.432 e. The van der Waals surface area contributed by atoms with Crippen LogP contribution in [0.1, 0.15) is 26.3 Å². The van der Waals surface area contributed by atoms with Gasteiger partial charge in [-0.05, 0) is 56.8 Å². The summed E-state index contributed by atoms with van der Waals surface area (Å²) in [6.45, 7) is 3.47. The van der Waals surface area contributed by atoms with E-state index in [0.29, 0.717) is 11.7 Å². The second kappa shape index (κ2) is 9.96. The average Bonchev–Trinajstić information content (AvgIpc) is 2.62. The molecule has 2 rings (SSSR count). The molecule has 1 aromatic carbocycles. The molecule has 0 saturated carbocycles. The summed E-state index contributed by atoms with van der Waals surface area (Å²) >= 11 is 8.45. The maximum atomic E-state index is 11.7. The fourth-order valence-corrected chi connectivity index (χ4v) is 6.58. The van der Waals surface area contributed by atoms with Crippen LogP contribution < -0.4 is 9.84 Å². The van der Waals surface area contributed by atoms with Gasteiger partial charge in [0, 0.05) is 11.6 Å². The number of para-hydroxylation sites is 1. The number of benzene rings is 1. The van der Waals surface area contributed by atoms with Crippen LogP contribution in [0.5, 0.6) is 5.75 Å². The van der Waals surface area contributed by atoms with Gasteiger partial charge in [0.1, 0.15) is 10.8 Å². The standard InChI is InChI=1S/C15H22N3O4PS3/c1-11(2)18(26-10-16-15(19)21-17-12(3)25-4)23(24)20-9-13-7-5-6-8-14(13)22-23/h5-8,11H,9-10H2,1-4H3,(H,16,19). The van der Waals surface area contributed by atoms with E-state index in [1.807, 2.05) is 48.4 Å². The van der Waals surface area contributed by atoms with E-state index < -0.39 is 12.7 Å². The van der Waals surface area contributed by atoms with Gasteiger partial charge in [-0.3, -0.25) is 4.84 Å². The first kappa shape index (κ1) is 21.5. The van der Waals surface area contributed by atoms with Gasteiger partial charge in [-0.25, -0.2) is 4.79 Å². The molecular weight excluding hydrogens is 413 g/mol. The van der Waals surface area contributed by atoms with Gasteiger partial charge in [-0.2, -0.15) is 4.08 Å². The highest BCUT2D eigenvalue weighted by molar-refractivity contribution is 8.15. The summed E-state index contributed by atoms with van der Waals surface area (Å²) in [5.41, 5.74) is 0.977. The van der Waals surface area contributed by atoms with Gasteiger partial charge in [0.2, 0.25) is 0 Å². The van der Waals surface area contributed by atoms with Crippen molar-refractivity contribution in [3.8, 4) is 5.75 Å². The Morgan fingerprint density at radius 2 is 2.23 bits per heavy atom. The first-order valence-corrected chi connectivity index (χ1v) is 12.6. The Kier molecular flexibility index (Phi) is 8.25. The molecule has 1 N–H and O–H groups in total. The maximum Gasteiger partial charge on any atom is 0.434 e. The molecule has 0 radical (unpaired) electrons. The predicted molar refractivity (Wildman–Crippen MR) is 112 cm³/mol. The Morgan fingerprint density at radius 1 is 1.50 bits per heavy atom. The Labute approximate surface area is 167 Å². The summed E-state index contributed by atoms with van der Waals surface area (Å²) in [7, 11) is 0. The largest absolute Gasteiger partial charge is 0.434 e. The number of thioether (sulfide) groups is 1. The molecule has 0 aromatic heterocycles. The summed E-state index contributed by atoms with van der Waals surface area (Å²) in [5, 5.41) is 6.97. The van der Waals surface area contributed by atoms with Gasteiger partial charge in [0.25, 0.3) is 0 Å². The second-order valence-corrected chi connectivity index (χ2v) is 10.9. The van der Waals surface area contributed by atoms with Crippen molar-refractivity contribution in [2.24, 2.45) is 5.16 Å². The number of fused-ring (bicyclic) bond motifs is 1. The minimum atomic E-state index is -2.70. The minimum absolute atomic E-state index is 0.0608. The van der Waals surface area contributed by atoms with Crippen molar-refractivity contribution in [1.29, 1.82) is 0 Å². The summed E-state index contributed by atoms with van der Waals surface area (Å²) in [4.78, 5) is 16.4. The molecule has 1 unspecified atom stereocenters. The first-order chi connectivity index (χ1) is 12.4. The Bertz CT molecular complexity index is 717. The van der Waals surface area contributed by atoms with Crippen molar-refractivity contribution in [3.05, 3.63) is 29.8 Å². The second-order valence-electron chi connectivity index (χ2n) is 5.48. The van der Waals surface area contributed by atoms with Crippen LogP contribution in [0.2, 0.25) is 0 Å². The van der Waals surface area contributed by atoms with Gasteiger partial charge in [-0.15, -0.1) is 11.8 Å². The van der Waals surface area contributed by atoms with Crippen molar-refractivity contribution in [2.45, 2.75) is 33.4 Å². The molecule has 1 aliphatic heterocycles. The van der Waals surface area contributed by atoms with E-state index in [0.717, 1.165) is 11.3 Å². The van der Waals surface area contributed by atoms with Crippen LogP contribution in [0.15, 0.2) is 29.4 Å². The molecule has 7 nitrogen and oxygen atoms in total. The lowest BCUT2D eigenvalue weighted by Crippen LogP contribution is -2.30. The van der Waals surface area contributed by atoms with Crippen molar-refractivity contribution < 1.29 is 18.7 Å². The molecule has 0 saturated heterocycles. The number of nitrogens with zero attached hydrogens (tertiary/aromatic N) is 2. The fraction of sp³-hybridized carbons (Fsp3) is 0.467. The normalized spacial score (nSPS) is 19.8. The molecule has 0 spiro atoms. The molecular formula is C15H22N3O4PS3. The zero-order chi connectivity index (χ0) is 19.2. The van der Waals surface area contributed by atoms with E-state index in [1.54, 1.807) is 6.92 Å². The monoisotopic (exact) mass is 435 g/mol. The molecule has 1 amide bonds. The molecule has 0 aliphatic carbocycles. The topological polar surface area (TPSA) is 72.4 Å².